The molecule has 0 amide bonds. The van der Waals surface area contributed by atoms with Crippen molar-refractivity contribution >= 4 is 78.6 Å². The van der Waals surface area contributed by atoms with Crippen LogP contribution in [-0.2, 0) is 27.1 Å². The molecular formula is C52H61BN2S. The summed E-state index contributed by atoms with van der Waals surface area (Å²) in [6.07, 6.45) is 0. The lowest BCUT2D eigenvalue weighted by atomic mass is 9.33. The molecule has 0 saturated heterocycles. The van der Waals surface area contributed by atoms with E-state index in [1.165, 1.54) is 88.4 Å². The molecule has 0 radical (unpaired) electrons. The van der Waals surface area contributed by atoms with E-state index in [0.29, 0.717) is 0 Å². The number of thiophene rings is 1. The van der Waals surface area contributed by atoms with Crippen molar-refractivity contribution in [1.82, 2.24) is 0 Å². The zero-order valence-electron chi connectivity index (χ0n) is 36.6. The van der Waals surface area contributed by atoms with Crippen LogP contribution in [0, 0.1) is 0 Å². The van der Waals surface area contributed by atoms with E-state index in [-0.39, 0.29) is 33.8 Å². The number of anilines is 6. The molecule has 1 aromatic heterocycles. The summed E-state index contributed by atoms with van der Waals surface area (Å²) < 4.78 is 1.36. The second kappa shape index (κ2) is 12.6. The van der Waals surface area contributed by atoms with Gasteiger partial charge in [-0.05, 0) is 137 Å². The molecule has 8 rings (SSSR count). The van der Waals surface area contributed by atoms with Crippen molar-refractivity contribution in [1.29, 1.82) is 0 Å². The van der Waals surface area contributed by atoms with E-state index in [1.807, 2.05) is 11.3 Å². The predicted octanol–water partition coefficient (Wildman–Crippen LogP) is 13.5. The average molecular weight is 757 g/mol. The number of hydrogen-bond donors (Lipinski definition) is 0. The average Bonchev–Trinajstić information content (AvgIpc) is 3.53. The van der Waals surface area contributed by atoms with Gasteiger partial charge in [0.05, 0.1) is 0 Å². The fraction of sp³-hybridized carbons (Fsp3) is 0.385. The van der Waals surface area contributed by atoms with Gasteiger partial charge in [0.1, 0.15) is 0 Å². The molecule has 0 fully saturated rings. The van der Waals surface area contributed by atoms with E-state index in [2.05, 4.69) is 210 Å². The molecule has 2 aliphatic rings. The third-order valence-electron chi connectivity index (χ3n) is 12.3. The summed E-state index contributed by atoms with van der Waals surface area (Å²) in [6, 6.07) is 36.2. The second-order valence-corrected chi connectivity index (χ2v) is 22.6. The number of nitrogens with zero attached hydrogens (tertiary/aromatic N) is 2. The van der Waals surface area contributed by atoms with E-state index >= 15 is 0 Å². The van der Waals surface area contributed by atoms with Crippen molar-refractivity contribution in [2.45, 2.75) is 131 Å². The smallest absolute Gasteiger partial charge is 0.252 e. The Morgan fingerprint density at radius 1 is 0.411 bits per heavy atom. The normalized spacial score (nSPS) is 14.6. The summed E-state index contributed by atoms with van der Waals surface area (Å²) in [7, 11) is 0. The number of fused-ring (bicyclic) bond motifs is 5. The fourth-order valence-electron chi connectivity index (χ4n) is 8.78. The topological polar surface area (TPSA) is 6.48 Å². The van der Waals surface area contributed by atoms with Crippen LogP contribution in [0.3, 0.4) is 0 Å². The maximum atomic E-state index is 2.61. The Morgan fingerprint density at radius 2 is 0.857 bits per heavy atom. The first-order valence-corrected chi connectivity index (χ1v) is 21.5. The lowest BCUT2D eigenvalue weighted by molar-refractivity contribution is 0.589. The maximum Gasteiger partial charge on any atom is 0.252 e. The quantitative estimate of drug-likeness (QED) is 0.162. The van der Waals surface area contributed by atoms with Gasteiger partial charge in [-0.3, -0.25) is 0 Å². The minimum Gasteiger partial charge on any atom is -0.311 e. The van der Waals surface area contributed by atoms with E-state index in [1.54, 1.807) is 0 Å². The zero-order valence-corrected chi connectivity index (χ0v) is 37.4. The summed E-state index contributed by atoms with van der Waals surface area (Å²) in [6.45, 7) is 35.0. The van der Waals surface area contributed by atoms with Crippen LogP contribution in [0.15, 0.2) is 96.4 Å². The molecule has 3 heterocycles. The Bertz CT molecular complexity index is 2480. The predicted molar refractivity (Wildman–Crippen MR) is 249 cm³/mol. The van der Waals surface area contributed by atoms with Gasteiger partial charge >= 0.3 is 0 Å². The maximum absolute atomic E-state index is 2.61. The highest BCUT2D eigenvalue weighted by Crippen LogP contribution is 2.48. The van der Waals surface area contributed by atoms with Gasteiger partial charge in [0.25, 0.3) is 6.71 Å². The highest BCUT2D eigenvalue weighted by Gasteiger charge is 2.45. The van der Waals surface area contributed by atoms with E-state index in [0.717, 1.165) is 0 Å². The van der Waals surface area contributed by atoms with Crippen LogP contribution < -0.4 is 26.2 Å². The van der Waals surface area contributed by atoms with Gasteiger partial charge in [0.15, 0.2) is 0 Å². The van der Waals surface area contributed by atoms with E-state index in [9.17, 15) is 0 Å². The summed E-state index contributed by atoms with van der Waals surface area (Å²) in [5, 5.41) is 3.78. The fourth-order valence-corrected chi connectivity index (χ4v) is 9.99. The third-order valence-corrected chi connectivity index (χ3v) is 13.2. The van der Waals surface area contributed by atoms with Crippen LogP contribution in [0.4, 0.5) is 34.1 Å². The molecule has 4 heteroatoms. The minimum absolute atomic E-state index is 0.00503. The van der Waals surface area contributed by atoms with Crippen LogP contribution in [0.1, 0.15) is 132 Å². The first-order chi connectivity index (χ1) is 25.9. The number of benzene rings is 5. The van der Waals surface area contributed by atoms with E-state index in [4.69, 9.17) is 0 Å². The van der Waals surface area contributed by atoms with Gasteiger partial charge in [0.2, 0.25) is 0 Å². The molecule has 0 bridgehead atoms. The van der Waals surface area contributed by atoms with Gasteiger partial charge in [-0.15, -0.1) is 11.3 Å². The molecule has 5 aromatic carbocycles. The zero-order chi connectivity index (χ0) is 40.5. The van der Waals surface area contributed by atoms with Crippen molar-refractivity contribution < 1.29 is 0 Å². The Labute approximate surface area is 342 Å². The van der Waals surface area contributed by atoms with Crippen LogP contribution in [0.25, 0.3) is 10.1 Å². The highest BCUT2D eigenvalue weighted by molar-refractivity contribution is 7.17. The largest absolute Gasteiger partial charge is 0.311 e. The van der Waals surface area contributed by atoms with Gasteiger partial charge < -0.3 is 9.80 Å². The molecule has 0 aliphatic carbocycles. The van der Waals surface area contributed by atoms with Crippen LogP contribution in [0.5, 0.6) is 0 Å². The Balaban J connectivity index is 1.51. The molecule has 0 saturated carbocycles. The Morgan fingerprint density at radius 3 is 1.32 bits per heavy atom. The number of rotatable bonds is 2. The van der Waals surface area contributed by atoms with Gasteiger partial charge in [-0.1, -0.05) is 140 Å². The van der Waals surface area contributed by atoms with Gasteiger partial charge in [-0.2, -0.15) is 0 Å². The molecule has 0 N–H and O–H groups in total. The Kier molecular flexibility index (Phi) is 8.69. The molecule has 56 heavy (non-hydrogen) atoms. The first kappa shape index (κ1) is 38.6. The number of hydrogen-bond acceptors (Lipinski definition) is 3. The molecule has 0 atom stereocenters. The second-order valence-electron chi connectivity index (χ2n) is 21.7. The standard InChI is InChI=1S/C52H61BN2S/c1-48(2,3)32-16-21-36(22-17-32)54-42-25-20-34(50(7,8)9)26-40(42)53-41-30-46-38(39(31-56-46)52(13,14)15)29-43(41)55(37-23-18-33(19-24-37)49(4,5)6)45-28-35(51(10,11)12)27-44(54)47(45)53/h16-31H,1-15H3. The lowest BCUT2D eigenvalue weighted by Gasteiger charge is -2.45. The van der Waals surface area contributed by atoms with Crippen LogP contribution >= 0.6 is 11.3 Å². The summed E-state index contributed by atoms with van der Waals surface area (Å²) in [5.74, 6) is 0. The van der Waals surface area contributed by atoms with Crippen molar-refractivity contribution in [2.24, 2.45) is 0 Å². The lowest BCUT2D eigenvalue weighted by Crippen LogP contribution is -2.61. The van der Waals surface area contributed by atoms with Gasteiger partial charge in [-0.25, -0.2) is 0 Å². The molecule has 0 unspecified atom stereocenters. The molecular weight excluding hydrogens is 695 g/mol. The third kappa shape index (κ3) is 6.41. The first-order valence-electron chi connectivity index (χ1n) is 20.6. The van der Waals surface area contributed by atoms with Crippen molar-refractivity contribution in [2.75, 3.05) is 9.80 Å². The molecule has 2 aliphatic heterocycles. The summed E-state index contributed by atoms with van der Waals surface area (Å²) in [5.41, 5.74) is 18.6. The minimum atomic E-state index is -0.0715. The van der Waals surface area contributed by atoms with Crippen LogP contribution in [-0.4, -0.2) is 6.71 Å². The monoisotopic (exact) mass is 756 g/mol. The Hall–Kier alpha value is -4.28. The summed E-state index contributed by atoms with van der Waals surface area (Å²) >= 11 is 1.90. The SMILES string of the molecule is CC(C)(C)c1ccc(N2c3ccc(C(C)(C)C)cc3B3c4cc5scc(C(C)(C)C)c5cc4N(c4ccc(C(C)(C)C)cc4)c4cc(C(C)(C)C)cc2c43)cc1. The molecule has 288 valence electrons. The van der Waals surface area contributed by atoms with E-state index < -0.39 is 0 Å². The van der Waals surface area contributed by atoms with Crippen molar-refractivity contribution in [3.63, 3.8) is 0 Å². The molecule has 6 aromatic rings. The molecule has 2 nitrogen and oxygen atoms in total. The molecule has 0 spiro atoms. The van der Waals surface area contributed by atoms with Crippen molar-refractivity contribution in [3.05, 3.63) is 124 Å². The highest BCUT2D eigenvalue weighted by atomic mass is 32.1. The van der Waals surface area contributed by atoms with Crippen LogP contribution in [0.2, 0.25) is 0 Å². The summed E-state index contributed by atoms with van der Waals surface area (Å²) in [4.78, 5) is 5.18. The van der Waals surface area contributed by atoms with Crippen molar-refractivity contribution in [3.8, 4) is 0 Å². The van der Waals surface area contributed by atoms with Gasteiger partial charge in [0, 0.05) is 38.8 Å².